The first-order valence-corrected chi connectivity index (χ1v) is 8.24. The van der Waals surface area contributed by atoms with Crippen molar-refractivity contribution in [1.82, 2.24) is 4.90 Å². The second-order valence-electron chi connectivity index (χ2n) is 5.23. The van der Waals surface area contributed by atoms with Crippen molar-refractivity contribution < 1.29 is 30.7 Å². The lowest BCUT2D eigenvalue weighted by molar-refractivity contribution is -0.0435. The Balaban J connectivity index is 2.22. The minimum atomic E-state index is -5.65. The highest BCUT2D eigenvalue weighted by atomic mass is 32.2. The molecule has 1 fully saturated rings. The maximum absolute atomic E-state index is 13.2. The van der Waals surface area contributed by atoms with Crippen LogP contribution in [0.1, 0.15) is 0 Å². The molecule has 1 aromatic rings. The van der Waals surface area contributed by atoms with Gasteiger partial charge in [-0.05, 0) is 25.2 Å². The van der Waals surface area contributed by atoms with Crippen LogP contribution < -0.4 is 5.32 Å². The van der Waals surface area contributed by atoms with E-state index in [1.807, 2.05) is 11.9 Å². The minimum Gasteiger partial charge on any atom is -0.381 e. The van der Waals surface area contributed by atoms with Crippen molar-refractivity contribution in [3.63, 3.8) is 0 Å². The summed E-state index contributed by atoms with van der Waals surface area (Å²) >= 11 is 0. The van der Waals surface area contributed by atoms with Crippen LogP contribution in [-0.2, 0) is 14.6 Å². The molecule has 0 amide bonds. The number of benzene rings is 1. The summed E-state index contributed by atoms with van der Waals surface area (Å²) in [5.41, 5.74) is -5.81. The van der Waals surface area contributed by atoms with E-state index in [4.69, 9.17) is 4.74 Å². The molecule has 1 aliphatic rings. The molecule has 5 nitrogen and oxygen atoms in total. The number of nitrogens with zero attached hydrogens (tertiary/aromatic N) is 1. The molecule has 0 bridgehead atoms. The van der Waals surface area contributed by atoms with Gasteiger partial charge in [0.15, 0.2) is 0 Å². The Bertz CT molecular complexity index is 664. The first kappa shape index (κ1) is 18.0. The van der Waals surface area contributed by atoms with Gasteiger partial charge in [-0.15, -0.1) is 0 Å². The highest BCUT2D eigenvalue weighted by Gasteiger charge is 2.48. The van der Waals surface area contributed by atoms with E-state index in [2.05, 4.69) is 5.32 Å². The molecule has 0 aliphatic carbocycles. The van der Waals surface area contributed by atoms with E-state index in [9.17, 15) is 26.0 Å². The van der Waals surface area contributed by atoms with E-state index < -0.39 is 26.1 Å². The molecule has 1 N–H and O–H groups in total. The second kappa shape index (κ2) is 6.62. The van der Waals surface area contributed by atoms with Gasteiger partial charge < -0.3 is 15.0 Å². The van der Waals surface area contributed by atoms with Crippen LogP contribution >= 0.6 is 0 Å². The third-order valence-corrected chi connectivity index (χ3v) is 4.93. The number of rotatable bonds is 4. The lowest BCUT2D eigenvalue weighted by Crippen LogP contribution is -2.43. The summed E-state index contributed by atoms with van der Waals surface area (Å²) < 4.78 is 79.9. The fourth-order valence-corrected chi connectivity index (χ4v) is 3.15. The molecule has 10 heteroatoms. The van der Waals surface area contributed by atoms with Gasteiger partial charge in [0.25, 0.3) is 9.84 Å². The molecule has 1 saturated heterocycles. The third-order valence-electron chi connectivity index (χ3n) is 3.40. The molecule has 1 unspecified atom stereocenters. The molecular weight excluding hydrogens is 340 g/mol. The molecule has 1 atom stereocenters. The molecule has 0 radical (unpaired) electrons. The van der Waals surface area contributed by atoms with Crippen molar-refractivity contribution in [2.75, 3.05) is 38.6 Å². The number of nitrogens with one attached hydrogen (secondary N) is 1. The van der Waals surface area contributed by atoms with Gasteiger partial charge in [-0.3, -0.25) is 0 Å². The van der Waals surface area contributed by atoms with E-state index >= 15 is 0 Å². The van der Waals surface area contributed by atoms with Gasteiger partial charge in [0.05, 0.1) is 18.4 Å². The first-order chi connectivity index (χ1) is 10.6. The number of anilines is 1. The normalized spacial score (nSPS) is 20.5. The second-order valence-corrected chi connectivity index (χ2v) is 7.14. The Morgan fingerprint density at radius 3 is 2.70 bits per heavy atom. The molecule has 1 heterocycles. The van der Waals surface area contributed by atoms with E-state index in [1.165, 1.54) is 0 Å². The number of sulfone groups is 1. The number of ether oxygens (including phenoxy) is 1. The van der Waals surface area contributed by atoms with Crippen molar-refractivity contribution in [3.8, 4) is 0 Å². The van der Waals surface area contributed by atoms with Crippen LogP contribution in [0.2, 0.25) is 0 Å². The maximum Gasteiger partial charge on any atom is 0.501 e. The topological polar surface area (TPSA) is 58.6 Å². The number of hydrogen-bond donors (Lipinski definition) is 1. The monoisotopic (exact) mass is 356 g/mol. The number of alkyl halides is 3. The van der Waals surface area contributed by atoms with E-state index in [-0.39, 0.29) is 18.3 Å². The first-order valence-electron chi connectivity index (χ1n) is 6.76. The molecule has 0 spiro atoms. The van der Waals surface area contributed by atoms with Crippen LogP contribution in [0.4, 0.5) is 23.2 Å². The van der Waals surface area contributed by atoms with Crippen molar-refractivity contribution >= 4 is 15.5 Å². The van der Waals surface area contributed by atoms with Gasteiger partial charge in [-0.25, -0.2) is 12.8 Å². The van der Waals surface area contributed by atoms with Gasteiger partial charge in [0.1, 0.15) is 10.7 Å². The summed E-state index contributed by atoms with van der Waals surface area (Å²) in [5.74, 6) is -1.06. The number of halogens is 4. The Morgan fingerprint density at radius 2 is 2.09 bits per heavy atom. The molecule has 2 rings (SSSR count). The SMILES string of the molecule is CN1CCOC(CNc2ccc(F)cc2S(=O)(=O)C(F)(F)F)C1. The molecule has 0 saturated carbocycles. The number of hydrogen-bond acceptors (Lipinski definition) is 5. The van der Waals surface area contributed by atoms with Crippen LogP contribution in [0.3, 0.4) is 0 Å². The van der Waals surface area contributed by atoms with Gasteiger partial charge in [-0.2, -0.15) is 13.2 Å². The van der Waals surface area contributed by atoms with Gasteiger partial charge in [0, 0.05) is 19.6 Å². The highest BCUT2D eigenvalue weighted by molar-refractivity contribution is 7.92. The molecule has 130 valence electrons. The van der Waals surface area contributed by atoms with E-state index in [1.54, 1.807) is 0 Å². The molecular formula is C13H16F4N2O3S. The van der Waals surface area contributed by atoms with Crippen molar-refractivity contribution in [2.45, 2.75) is 16.5 Å². The quantitative estimate of drug-likeness (QED) is 0.835. The Labute approximate surface area is 131 Å². The van der Waals surface area contributed by atoms with Crippen molar-refractivity contribution in [3.05, 3.63) is 24.0 Å². The minimum absolute atomic E-state index is 0.107. The number of likely N-dealkylation sites (N-methyl/N-ethyl adjacent to an activating group) is 1. The molecule has 1 aromatic carbocycles. The smallest absolute Gasteiger partial charge is 0.381 e. The zero-order chi connectivity index (χ0) is 17.3. The molecule has 23 heavy (non-hydrogen) atoms. The third kappa shape index (κ3) is 4.12. The summed E-state index contributed by atoms with van der Waals surface area (Å²) in [6, 6.07) is 2.23. The van der Waals surface area contributed by atoms with Gasteiger partial charge in [-0.1, -0.05) is 0 Å². The maximum atomic E-state index is 13.2. The summed E-state index contributed by atoms with van der Waals surface area (Å²) in [5, 5.41) is 2.61. The molecule has 0 aromatic heterocycles. The average Bonchev–Trinajstić information content (AvgIpc) is 2.44. The largest absolute Gasteiger partial charge is 0.501 e. The van der Waals surface area contributed by atoms with Gasteiger partial charge in [0.2, 0.25) is 0 Å². The highest BCUT2D eigenvalue weighted by Crippen LogP contribution is 2.34. The van der Waals surface area contributed by atoms with Crippen molar-refractivity contribution in [2.24, 2.45) is 0 Å². The standard InChI is InChI=1S/C13H16F4N2O3S/c1-19-4-5-22-10(8-19)7-18-11-3-2-9(14)6-12(11)23(20,21)13(15,16)17/h2-3,6,10,18H,4-5,7-8H2,1H3. The summed E-state index contributed by atoms with van der Waals surface area (Å²) in [6.07, 6.45) is -0.305. The zero-order valence-corrected chi connectivity index (χ0v) is 13.0. The van der Waals surface area contributed by atoms with Gasteiger partial charge >= 0.3 is 5.51 Å². The van der Waals surface area contributed by atoms with Crippen LogP contribution in [0, 0.1) is 5.82 Å². The fraction of sp³-hybridized carbons (Fsp3) is 0.538. The van der Waals surface area contributed by atoms with Crippen LogP contribution in [0.25, 0.3) is 0 Å². The lowest BCUT2D eigenvalue weighted by atomic mass is 10.2. The lowest BCUT2D eigenvalue weighted by Gasteiger charge is -2.30. The van der Waals surface area contributed by atoms with Crippen LogP contribution in [0.5, 0.6) is 0 Å². The number of morpholine rings is 1. The van der Waals surface area contributed by atoms with E-state index in [0.29, 0.717) is 19.2 Å². The average molecular weight is 356 g/mol. The summed E-state index contributed by atoms with van der Waals surface area (Å²) in [6.45, 7) is 1.87. The predicted molar refractivity (Wildman–Crippen MR) is 75.4 cm³/mol. The Morgan fingerprint density at radius 1 is 1.39 bits per heavy atom. The summed E-state index contributed by atoms with van der Waals surface area (Å²) in [4.78, 5) is 0.850. The summed E-state index contributed by atoms with van der Waals surface area (Å²) in [7, 11) is -3.78. The molecule has 1 aliphatic heterocycles. The van der Waals surface area contributed by atoms with E-state index in [0.717, 1.165) is 18.7 Å². The van der Waals surface area contributed by atoms with Crippen molar-refractivity contribution in [1.29, 1.82) is 0 Å². The zero-order valence-electron chi connectivity index (χ0n) is 12.2. The fourth-order valence-electron chi connectivity index (χ4n) is 2.20. The van der Waals surface area contributed by atoms with Crippen LogP contribution in [0.15, 0.2) is 23.1 Å². The Hall–Kier alpha value is -1.39. The van der Waals surface area contributed by atoms with Crippen LogP contribution in [-0.4, -0.2) is 58.2 Å². The predicted octanol–water partition coefficient (Wildman–Crippen LogP) is 1.86. The Kier molecular flexibility index (Phi) is 5.17.